The molecule has 0 fully saturated rings. The number of nitro groups is 1. The van der Waals surface area contributed by atoms with Crippen molar-refractivity contribution < 1.29 is 9.72 Å². The number of amides is 1. The van der Waals surface area contributed by atoms with Crippen LogP contribution in [0, 0.1) is 24.0 Å². The molecule has 1 amide bonds. The molecule has 3 aromatic heterocycles. The summed E-state index contributed by atoms with van der Waals surface area (Å²) in [6.07, 6.45) is 5.08. The van der Waals surface area contributed by atoms with Gasteiger partial charge in [0, 0.05) is 57.3 Å². The van der Waals surface area contributed by atoms with Gasteiger partial charge >= 0.3 is 0 Å². The summed E-state index contributed by atoms with van der Waals surface area (Å²) in [5.74, 6) is -0.363. The summed E-state index contributed by atoms with van der Waals surface area (Å²) >= 11 is 1.26. The number of carbonyl (C=O) groups is 1. The number of rotatable bonds is 5. The van der Waals surface area contributed by atoms with Gasteiger partial charge in [-0.15, -0.1) is 11.3 Å². The van der Waals surface area contributed by atoms with E-state index in [4.69, 9.17) is 0 Å². The summed E-state index contributed by atoms with van der Waals surface area (Å²) in [4.78, 5) is 27.4. The average Bonchev–Trinajstić information content (AvgIpc) is 3.28. The second-order valence-electron chi connectivity index (χ2n) is 6.66. The van der Waals surface area contributed by atoms with E-state index in [0.29, 0.717) is 10.3 Å². The van der Waals surface area contributed by atoms with Gasteiger partial charge in [0.15, 0.2) is 0 Å². The third kappa shape index (κ3) is 3.70. The zero-order valence-electron chi connectivity index (χ0n) is 16.2. The van der Waals surface area contributed by atoms with Crippen LogP contribution in [0.4, 0.5) is 5.69 Å². The minimum atomic E-state index is -0.455. The van der Waals surface area contributed by atoms with Crippen molar-refractivity contribution in [1.29, 1.82) is 0 Å². The number of thiophene rings is 1. The van der Waals surface area contributed by atoms with Crippen LogP contribution in [-0.2, 0) is 0 Å². The highest BCUT2D eigenvalue weighted by Crippen LogP contribution is 2.29. The first kappa shape index (κ1) is 19.5. The van der Waals surface area contributed by atoms with Crippen molar-refractivity contribution >= 4 is 39.2 Å². The number of nitrogens with one attached hydrogen (secondary N) is 1. The molecule has 0 aliphatic carbocycles. The Balaban J connectivity index is 1.52. The molecule has 30 heavy (non-hydrogen) atoms. The summed E-state index contributed by atoms with van der Waals surface area (Å²) in [5.41, 5.74) is 6.44. The Morgan fingerprint density at radius 2 is 1.97 bits per heavy atom. The van der Waals surface area contributed by atoms with E-state index in [0.717, 1.165) is 27.3 Å². The third-order valence-electron chi connectivity index (χ3n) is 4.70. The summed E-state index contributed by atoms with van der Waals surface area (Å²) in [5, 5.41) is 15.7. The largest absolute Gasteiger partial charge is 0.318 e. The fourth-order valence-electron chi connectivity index (χ4n) is 3.28. The first-order chi connectivity index (χ1) is 14.4. The number of aryl methyl sites for hydroxylation is 1. The number of nitro benzene ring substituents is 1. The van der Waals surface area contributed by atoms with Crippen LogP contribution in [-0.4, -0.2) is 26.6 Å². The Hall–Kier alpha value is -3.85. The Kier molecular flexibility index (Phi) is 5.11. The maximum Gasteiger partial charge on any atom is 0.281 e. The van der Waals surface area contributed by atoms with E-state index in [1.165, 1.54) is 23.5 Å². The minimum absolute atomic E-state index is 0.00478. The fraction of sp³-hybridized carbons (Fsp3) is 0.0952. The zero-order chi connectivity index (χ0) is 21.3. The van der Waals surface area contributed by atoms with Crippen molar-refractivity contribution in [3.8, 4) is 5.69 Å². The van der Waals surface area contributed by atoms with E-state index in [1.807, 2.05) is 32.0 Å². The van der Waals surface area contributed by atoms with E-state index < -0.39 is 4.92 Å². The molecule has 3 heterocycles. The highest BCUT2D eigenvalue weighted by atomic mass is 32.1. The van der Waals surface area contributed by atoms with Crippen LogP contribution in [0.3, 0.4) is 0 Å². The van der Waals surface area contributed by atoms with Crippen molar-refractivity contribution in [3.63, 3.8) is 0 Å². The number of aromatic nitrogens is 2. The smallest absolute Gasteiger partial charge is 0.281 e. The first-order valence-corrected chi connectivity index (χ1v) is 9.86. The minimum Gasteiger partial charge on any atom is -0.318 e. The van der Waals surface area contributed by atoms with Gasteiger partial charge in [-0.3, -0.25) is 19.9 Å². The highest BCUT2D eigenvalue weighted by molar-refractivity contribution is 7.20. The Morgan fingerprint density at radius 1 is 1.20 bits per heavy atom. The quantitative estimate of drug-likeness (QED) is 0.295. The lowest BCUT2D eigenvalue weighted by molar-refractivity contribution is -0.384. The van der Waals surface area contributed by atoms with Crippen molar-refractivity contribution in [2.45, 2.75) is 13.8 Å². The predicted octanol–water partition coefficient (Wildman–Crippen LogP) is 4.38. The topological polar surface area (TPSA) is 102 Å². The van der Waals surface area contributed by atoms with Crippen molar-refractivity contribution in [1.82, 2.24) is 15.0 Å². The maximum absolute atomic E-state index is 12.4. The summed E-state index contributed by atoms with van der Waals surface area (Å²) < 4.78 is 2.89. The summed E-state index contributed by atoms with van der Waals surface area (Å²) in [7, 11) is 0. The lowest BCUT2D eigenvalue weighted by Crippen LogP contribution is -2.16. The second kappa shape index (κ2) is 7.88. The number of carbonyl (C=O) groups excluding carboxylic acids is 1. The van der Waals surface area contributed by atoms with E-state index in [1.54, 1.807) is 30.7 Å². The number of hydrogen-bond acceptors (Lipinski definition) is 6. The lowest BCUT2D eigenvalue weighted by Gasteiger charge is -2.08. The number of pyridine rings is 1. The second-order valence-corrected chi connectivity index (χ2v) is 7.74. The fourth-order valence-corrected chi connectivity index (χ4v) is 4.21. The van der Waals surface area contributed by atoms with E-state index >= 15 is 0 Å². The number of non-ortho nitro benzene ring substituents is 1. The van der Waals surface area contributed by atoms with Gasteiger partial charge in [0.05, 0.1) is 16.0 Å². The molecule has 150 valence electrons. The summed E-state index contributed by atoms with van der Waals surface area (Å²) in [6, 6.07) is 12.0. The molecule has 0 spiro atoms. The van der Waals surface area contributed by atoms with Gasteiger partial charge in [-0.25, -0.2) is 5.43 Å². The number of benzene rings is 1. The van der Waals surface area contributed by atoms with E-state index in [2.05, 4.69) is 20.1 Å². The molecular weight excluding hydrogens is 402 g/mol. The SMILES string of the molecule is Cc1cc(/C=N\NC(=O)c2cc3cc([N+](=O)[O-])ccc3s2)c(C)n1-c1ccncc1. The highest BCUT2D eigenvalue weighted by Gasteiger charge is 2.13. The first-order valence-electron chi connectivity index (χ1n) is 9.05. The molecule has 0 saturated heterocycles. The number of hydrogen-bond donors (Lipinski definition) is 1. The molecule has 4 rings (SSSR count). The number of nitrogens with zero attached hydrogens (tertiary/aromatic N) is 4. The molecule has 4 aromatic rings. The lowest BCUT2D eigenvalue weighted by atomic mass is 10.2. The van der Waals surface area contributed by atoms with Crippen LogP contribution in [0.25, 0.3) is 15.8 Å². The number of fused-ring (bicyclic) bond motifs is 1. The molecule has 0 radical (unpaired) electrons. The Morgan fingerprint density at radius 3 is 2.70 bits per heavy atom. The molecular formula is C21H17N5O3S. The van der Waals surface area contributed by atoms with Gasteiger partial charge in [-0.2, -0.15) is 5.10 Å². The molecule has 0 saturated carbocycles. The van der Waals surface area contributed by atoms with Gasteiger partial charge in [0.25, 0.3) is 11.6 Å². The van der Waals surface area contributed by atoms with Crippen LogP contribution in [0.2, 0.25) is 0 Å². The van der Waals surface area contributed by atoms with Crippen LogP contribution in [0.5, 0.6) is 0 Å². The van der Waals surface area contributed by atoms with Crippen LogP contribution >= 0.6 is 11.3 Å². The van der Waals surface area contributed by atoms with Gasteiger partial charge in [-0.05, 0) is 44.2 Å². The van der Waals surface area contributed by atoms with Crippen LogP contribution < -0.4 is 5.43 Å². The maximum atomic E-state index is 12.4. The molecule has 0 aliphatic heterocycles. The zero-order valence-corrected chi connectivity index (χ0v) is 17.0. The molecule has 9 heteroatoms. The molecule has 0 atom stereocenters. The van der Waals surface area contributed by atoms with E-state index in [9.17, 15) is 14.9 Å². The standard InChI is InChI=1S/C21H17N5O3S/c1-13-9-16(14(2)25(13)17-5-7-22-8-6-17)12-23-24-21(27)20-11-15-10-18(26(28)29)3-4-19(15)30-20/h3-12H,1-2H3,(H,24,27)/b23-12-. The van der Waals surface area contributed by atoms with Gasteiger partial charge < -0.3 is 4.57 Å². The Labute approximate surface area is 175 Å². The molecule has 1 aromatic carbocycles. The predicted molar refractivity (Wildman–Crippen MR) is 117 cm³/mol. The normalized spacial score (nSPS) is 11.3. The summed E-state index contributed by atoms with van der Waals surface area (Å²) in [6.45, 7) is 3.98. The number of hydrazone groups is 1. The van der Waals surface area contributed by atoms with Crippen molar-refractivity contribution in [2.75, 3.05) is 0 Å². The van der Waals surface area contributed by atoms with Crippen molar-refractivity contribution in [2.24, 2.45) is 5.10 Å². The van der Waals surface area contributed by atoms with Crippen molar-refractivity contribution in [3.05, 3.63) is 86.8 Å². The molecule has 0 bridgehead atoms. The molecule has 0 unspecified atom stereocenters. The van der Waals surface area contributed by atoms with Crippen LogP contribution in [0.15, 0.2) is 60.0 Å². The van der Waals surface area contributed by atoms with E-state index in [-0.39, 0.29) is 11.6 Å². The molecule has 8 nitrogen and oxygen atoms in total. The van der Waals surface area contributed by atoms with Gasteiger partial charge in [-0.1, -0.05) is 0 Å². The van der Waals surface area contributed by atoms with Gasteiger partial charge in [0.2, 0.25) is 0 Å². The average molecular weight is 419 g/mol. The van der Waals surface area contributed by atoms with Gasteiger partial charge in [0.1, 0.15) is 0 Å². The monoisotopic (exact) mass is 419 g/mol. The van der Waals surface area contributed by atoms with Crippen LogP contribution in [0.1, 0.15) is 26.6 Å². The Bertz CT molecular complexity index is 1290. The molecule has 0 aliphatic rings. The third-order valence-corrected chi connectivity index (χ3v) is 5.81. The molecule has 1 N–H and O–H groups in total.